The van der Waals surface area contributed by atoms with Crippen LogP contribution in [-0.2, 0) is 0 Å². The Morgan fingerprint density at radius 2 is 2.15 bits per heavy atom. The van der Waals surface area contributed by atoms with E-state index in [1.54, 1.807) is 6.07 Å². The van der Waals surface area contributed by atoms with Crippen molar-refractivity contribution >= 4 is 11.6 Å². The third-order valence-corrected chi connectivity index (χ3v) is 2.98. The number of amides is 1. The molecule has 0 aliphatic rings. The Morgan fingerprint density at radius 1 is 1.40 bits per heavy atom. The van der Waals surface area contributed by atoms with Crippen LogP contribution < -0.4 is 16.6 Å². The van der Waals surface area contributed by atoms with Crippen LogP contribution in [0.5, 0.6) is 0 Å². The molecule has 4 N–H and O–H groups in total. The van der Waals surface area contributed by atoms with Crippen LogP contribution in [0.1, 0.15) is 40.5 Å². The van der Waals surface area contributed by atoms with Crippen LogP contribution in [0.2, 0.25) is 0 Å². The number of hydrazine groups is 1. The number of aromatic nitrogens is 1. The van der Waals surface area contributed by atoms with E-state index in [1.807, 2.05) is 32.9 Å². The summed E-state index contributed by atoms with van der Waals surface area (Å²) in [7, 11) is 0. The second-order valence-corrected chi connectivity index (χ2v) is 4.66. The standard InChI is InChI=1S/C14H18N4O2/c1-8-6-12(18-15)11(7-16-8)14(19)17-10(3)13-5-4-9(2)20-13/h4-7,10H,15H2,1-3H3,(H,16,18)(H,17,19). The van der Waals surface area contributed by atoms with Crippen LogP contribution >= 0.6 is 0 Å². The topological polar surface area (TPSA) is 93.2 Å². The van der Waals surface area contributed by atoms with E-state index in [0.29, 0.717) is 17.0 Å². The van der Waals surface area contributed by atoms with Gasteiger partial charge in [-0.25, -0.2) is 0 Å². The zero-order chi connectivity index (χ0) is 14.7. The molecule has 1 atom stereocenters. The molecule has 2 heterocycles. The van der Waals surface area contributed by atoms with Gasteiger partial charge in [0, 0.05) is 11.9 Å². The van der Waals surface area contributed by atoms with E-state index in [0.717, 1.165) is 11.5 Å². The Bertz CT molecular complexity index is 621. The number of carbonyl (C=O) groups is 1. The molecule has 0 aromatic carbocycles. The first-order valence-corrected chi connectivity index (χ1v) is 6.31. The third kappa shape index (κ3) is 2.97. The Balaban J connectivity index is 2.16. The number of pyridine rings is 1. The number of nitrogens with zero attached hydrogens (tertiary/aromatic N) is 1. The van der Waals surface area contributed by atoms with E-state index in [4.69, 9.17) is 10.3 Å². The molecule has 1 amide bonds. The molecular formula is C14H18N4O2. The Kier molecular flexibility index (Phi) is 4.05. The molecule has 2 rings (SSSR count). The van der Waals surface area contributed by atoms with E-state index in [2.05, 4.69) is 15.7 Å². The van der Waals surface area contributed by atoms with Crippen LogP contribution in [0.4, 0.5) is 5.69 Å². The Labute approximate surface area is 117 Å². The average Bonchev–Trinajstić information content (AvgIpc) is 2.85. The van der Waals surface area contributed by atoms with Gasteiger partial charge < -0.3 is 15.2 Å². The van der Waals surface area contributed by atoms with Crippen molar-refractivity contribution in [3.8, 4) is 0 Å². The summed E-state index contributed by atoms with van der Waals surface area (Å²) < 4.78 is 5.49. The number of anilines is 1. The summed E-state index contributed by atoms with van der Waals surface area (Å²) in [5.41, 5.74) is 4.23. The molecular weight excluding hydrogens is 256 g/mol. The van der Waals surface area contributed by atoms with Crippen LogP contribution in [0, 0.1) is 13.8 Å². The molecule has 0 fully saturated rings. The van der Waals surface area contributed by atoms with Gasteiger partial charge in [0.15, 0.2) is 0 Å². The van der Waals surface area contributed by atoms with Gasteiger partial charge in [-0.2, -0.15) is 0 Å². The minimum absolute atomic E-state index is 0.233. The van der Waals surface area contributed by atoms with Gasteiger partial charge >= 0.3 is 0 Å². The van der Waals surface area contributed by atoms with Gasteiger partial charge in [0.05, 0.1) is 17.3 Å². The minimum atomic E-state index is -0.257. The number of hydrogen-bond donors (Lipinski definition) is 3. The van der Waals surface area contributed by atoms with Crippen molar-refractivity contribution in [3.63, 3.8) is 0 Å². The van der Waals surface area contributed by atoms with Gasteiger partial charge in [-0.05, 0) is 39.0 Å². The monoisotopic (exact) mass is 274 g/mol. The molecule has 0 aliphatic carbocycles. The van der Waals surface area contributed by atoms with E-state index in [9.17, 15) is 4.79 Å². The molecule has 6 nitrogen and oxygen atoms in total. The van der Waals surface area contributed by atoms with E-state index >= 15 is 0 Å². The average molecular weight is 274 g/mol. The smallest absolute Gasteiger partial charge is 0.255 e. The predicted octanol–water partition coefficient (Wildman–Crippen LogP) is 2.07. The summed E-state index contributed by atoms with van der Waals surface area (Å²) in [4.78, 5) is 16.4. The SMILES string of the molecule is Cc1cc(NN)c(C(=O)NC(C)c2ccc(C)o2)cn1. The number of nitrogen functional groups attached to an aromatic ring is 1. The lowest BCUT2D eigenvalue weighted by Gasteiger charge is -2.14. The molecule has 0 saturated heterocycles. The molecule has 0 radical (unpaired) electrons. The second kappa shape index (κ2) is 5.75. The van der Waals surface area contributed by atoms with Crippen molar-refractivity contribution in [1.82, 2.24) is 10.3 Å². The first kappa shape index (κ1) is 14.1. The van der Waals surface area contributed by atoms with Crippen LogP contribution in [0.3, 0.4) is 0 Å². The largest absolute Gasteiger partial charge is 0.464 e. The van der Waals surface area contributed by atoms with Gasteiger partial charge in [-0.3, -0.25) is 15.6 Å². The third-order valence-electron chi connectivity index (χ3n) is 2.98. The molecule has 1 unspecified atom stereocenters. The number of hydrogen-bond acceptors (Lipinski definition) is 5. The quantitative estimate of drug-likeness (QED) is 0.586. The van der Waals surface area contributed by atoms with Gasteiger partial charge in [-0.1, -0.05) is 0 Å². The fourth-order valence-corrected chi connectivity index (χ4v) is 1.89. The van der Waals surface area contributed by atoms with Crippen molar-refractivity contribution in [3.05, 3.63) is 47.2 Å². The molecule has 0 aliphatic heterocycles. The number of rotatable bonds is 4. The highest BCUT2D eigenvalue weighted by molar-refractivity contribution is 5.99. The van der Waals surface area contributed by atoms with E-state index in [1.165, 1.54) is 6.20 Å². The van der Waals surface area contributed by atoms with Crippen molar-refractivity contribution in [2.75, 3.05) is 5.43 Å². The first-order valence-electron chi connectivity index (χ1n) is 6.31. The zero-order valence-electron chi connectivity index (χ0n) is 11.7. The van der Waals surface area contributed by atoms with Crippen molar-refractivity contribution in [1.29, 1.82) is 0 Å². The van der Waals surface area contributed by atoms with Crippen molar-refractivity contribution < 1.29 is 9.21 Å². The lowest BCUT2D eigenvalue weighted by molar-refractivity contribution is 0.0935. The number of carbonyl (C=O) groups excluding carboxylic acids is 1. The summed E-state index contributed by atoms with van der Waals surface area (Å²) in [6, 6.07) is 5.19. The summed E-state index contributed by atoms with van der Waals surface area (Å²) in [5, 5.41) is 2.85. The number of aryl methyl sites for hydroxylation is 2. The second-order valence-electron chi connectivity index (χ2n) is 4.66. The zero-order valence-corrected chi connectivity index (χ0v) is 11.7. The van der Waals surface area contributed by atoms with Gasteiger partial charge in [-0.15, -0.1) is 0 Å². The maximum atomic E-state index is 12.2. The molecule has 20 heavy (non-hydrogen) atoms. The molecule has 106 valence electrons. The molecule has 0 spiro atoms. The van der Waals surface area contributed by atoms with Crippen LogP contribution in [0.25, 0.3) is 0 Å². The lowest BCUT2D eigenvalue weighted by Crippen LogP contribution is -2.28. The number of nitrogens with two attached hydrogens (primary N) is 1. The summed E-state index contributed by atoms with van der Waals surface area (Å²) >= 11 is 0. The van der Waals surface area contributed by atoms with E-state index < -0.39 is 0 Å². The highest BCUT2D eigenvalue weighted by Crippen LogP contribution is 2.18. The molecule has 6 heteroatoms. The molecule has 0 bridgehead atoms. The van der Waals surface area contributed by atoms with Gasteiger partial charge in [0.1, 0.15) is 11.5 Å². The number of nitrogens with one attached hydrogen (secondary N) is 2. The van der Waals surface area contributed by atoms with Gasteiger partial charge in [0.25, 0.3) is 5.91 Å². The molecule has 0 saturated carbocycles. The Morgan fingerprint density at radius 3 is 2.75 bits per heavy atom. The predicted molar refractivity (Wildman–Crippen MR) is 76.1 cm³/mol. The number of furan rings is 1. The highest BCUT2D eigenvalue weighted by atomic mass is 16.3. The van der Waals surface area contributed by atoms with Crippen LogP contribution in [-0.4, -0.2) is 10.9 Å². The van der Waals surface area contributed by atoms with E-state index in [-0.39, 0.29) is 11.9 Å². The maximum absolute atomic E-state index is 12.2. The maximum Gasteiger partial charge on any atom is 0.255 e. The van der Waals surface area contributed by atoms with Crippen molar-refractivity contribution in [2.45, 2.75) is 26.8 Å². The minimum Gasteiger partial charge on any atom is -0.464 e. The molecule has 2 aromatic rings. The fourth-order valence-electron chi connectivity index (χ4n) is 1.89. The Hall–Kier alpha value is -2.34. The summed E-state index contributed by atoms with van der Waals surface area (Å²) in [6.07, 6.45) is 1.50. The van der Waals surface area contributed by atoms with Crippen molar-refractivity contribution in [2.24, 2.45) is 5.84 Å². The normalized spacial score (nSPS) is 12.0. The fraction of sp³-hybridized carbons (Fsp3) is 0.286. The van der Waals surface area contributed by atoms with Crippen LogP contribution in [0.15, 0.2) is 28.8 Å². The molecule has 2 aromatic heterocycles. The highest BCUT2D eigenvalue weighted by Gasteiger charge is 2.17. The first-order chi connectivity index (χ1) is 9.51. The summed E-state index contributed by atoms with van der Waals surface area (Å²) in [6.45, 7) is 5.54. The lowest BCUT2D eigenvalue weighted by atomic mass is 10.1. The van der Waals surface area contributed by atoms with Gasteiger partial charge in [0.2, 0.25) is 0 Å². The summed E-state index contributed by atoms with van der Waals surface area (Å²) in [5.74, 6) is 6.68.